The number of esters is 1. The summed E-state index contributed by atoms with van der Waals surface area (Å²) in [6.07, 6.45) is 5.73. The third kappa shape index (κ3) is 4.43. The van der Waals surface area contributed by atoms with Crippen molar-refractivity contribution in [3.05, 3.63) is 23.8 Å². The molecule has 5 aliphatic rings. The lowest BCUT2D eigenvalue weighted by Gasteiger charge is -2.59. The molecule has 7 atom stereocenters. The maximum Gasteiger partial charge on any atom is 0.333 e. The minimum absolute atomic E-state index is 0.0403. The van der Waals surface area contributed by atoms with Crippen molar-refractivity contribution in [2.24, 2.45) is 28.6 Å². The highest BCUT2D eigenvalue weighted by Crippen LogP contribution is 2.67. The Kier molecular flexibility index (Phi) is 7.11. The fourth-order valence-electron chi connectivity index (χ4n) is 8.14. The molecule has 0 aromatic carbocycles. The van der Waals surface area contributed by atoms with Gasteiger partial charge >= 0.3 is 11.9 Å². The summed E-state index contributed by atoms with van der Waals surface area (Å²) in [4.78, 5) is 77.3. The molecule has 0 aromatic heterocycles. The molecule has 3 saturated carbocycles. The lowest BCUT2D eigenvalue weighted by Crippen LogP contribution is -2.61. The monoisotopic (exact) mass is 557 g/mol. The number of carbonyl (C=O) groups is 6. The van der Waals surface area contributed by atoms with Crippen LogP contribution < -0.4 is 0 Å². The number of Topliss-reactive ketones (excluding diaryl/α,β-unsaturated/α-hetero) is 1. The molecular weight excluding hydrogens is 522 g/mol. The second-order valence-corrected chi connectivity index (χ2v) is 12.2. The third-order valence-electron chi connectivity index (χ3n) is 10.2. The van der Waals surface area contributed by atoms with Crippen molar-refractivity contribution >= 4 is 35.3 Å². The molecule has 4 fully saturated rings. The van der Waals surface area contributed by atoms with Gasteiger partial charge in [-0.25, -0.2) is 4.79 Å². The number of allylic oxidation sites excluding steroid dienone is 4. The number of nitrogens with zero attached hydrogens (tertiary/aromatic N) is 1. The highest BCUT2D eigenvalue weighted by Gasteiger charge is 2.68. The largest absolute Gasteiger partial charge is 0.458 e. The molecule has 1 heterocycles. The zero-order valence-corrected chi connectivity index (χ0v) is 22.7. The third-order valence-corrected chi connectivity index (χ3v) is 10.2. The normalized spacial score (nSPS) is 38.4. The molecule has 1 aliphatic heterocycles. The Hall–Kier alpha value is -3.18. The van der Waals surface area contributed by atoms with E-state index in [-0.39, 0.29) is 49.2 Å². The van der Waals surface area contributed by atoms with Gasteiger partial charge in [0.05, 0.1) is 18.9 Å². The molecule has 4 aliphatic carbocycles. The second kappa shape index (κ2) is 10.0. The van der Waals surface area contributed by atoms with E-state index in [1.165, 1.54) is 0 Å². The van der Waals surface area contributed by atoms with Gasteiger partial charge in [0.15, 0.2) is 12.4 Å². The number of ketones is 2. The molecule has 0 bridgehead atoms. The van der Waals surface area contributed by atoms with E-state index >= 15 is 0 Å². The maximum atomic E-state index is 13.3. The summed E-state index contributed by atoms with van der Waals surface area (Å²) in [5.74, 6) is -3.94. The Bertz CT molecular complexity index is 1220. The van der Waals surface area contributed by atoms with Crippen LogP contribution in [0.4, 0.5) is 0 Å². The van der Waals surface area contributed by atoms with Crippen LogP contribution in [0.15, 0.2) is 23.8 Å². The van der Waals surface area contributed by atoms with E-state index in [0.717, 1.165) is 12.0 Å². The SMILES string of the molecule is C[C@]12C=CC(=O)C=C1CC[C@@H]1[C@@H]2[C@H](O)C[C@@]2(C)[C@H]1CC[C@@]2(O)C(=O)COC(=O)CCC(=O)ON1C(=O)CCC1=O. The summed E-state index contributed by atoms with van der Waals surface area (Å²) in [5.41, 5.74) is -2.17. The molecule has 1 saturated heterocycles. The molecule has 0 spiro atoms. The van der Waals surface area contributed by atoms with Crippen molar-refractivity contribution in [2.75, 3.05) is 6.61 Å². The van der Waals surface area contributed by atoms with Crippen LogP contribution >= 0.6 is 0 Å². The second-order valence-electron chi connectivity index (χ2n) is 12.2. The molecule has 11 heteroatoms. The van der Waals surface area contributed by atoms with E-state index in [0.29, 0.717) is 17.9 Å². The lowest BCUT2D eigenvalue weighted by atomic mass is 9.46. The van der Waals surface area contributed by atoms with Gasteiger partial charge in [-0.3, -0.25) is 24.0 Å². The Morgan fingerprint density at radius 2 is 1.70 bits per heavy atom. The van der Waals surface area contributed by atoms with Gasteiger partial charge in [-0.15, -0.1) is 5.06 Å². The number of amides is 2. The maximum absolute atomic E-state index is 13.3. The number of hydroxylamine groups is 2. The molecule has 2 N–H and O–H groups in total. The van der Waals surface area contributed by atoms with Crippen LogP contribution in [-0.4, -0.2) is 68.9 Å². The van der Waals surface area contributed by atoms with Crippen LogP contribution in [0.5, 0.6) is 0 Å². The van der Waals surface area contributed by atoms with Gasteiger partial charge < -0.3 is 19.8 Å². The number of rotatable bonds is 7. The Labute approximate surface area is 231 Å². The molecule has 216 valence electrons. The number of aliphatic hydroxyl groups is 2. The smallest absolute Gasteiger partial charge is 0.333 e. The topological polar surface area (TPSA) is 165 Å². The first kappa shape index (κ1) is 28.4. The quantitative estimate of drug-likeness (QED) is 0.346. The molecule has 0 aromatic rings. The zero-order chi connectivity index (χ0) is 29.0. The lowest BCUT2D eigenvalue weighted by molar-refractivity contribution is -0.197. The van der Waals surface area contributed by atoms with E-state index in [1.807, 2.05) is 19.9 Å². The van der Waals surface area contributed by atoms with Gasteiger partial charge in [0.2, 0.25) is 5.78 Å². The molecular formula is C29H35NO10. The highest BCUT2D eigenvalue weighted by atomic mass is 16.7. The van der Waals surface area contributed by atoms with E-state index in [4.69, 9.17) is 9.57 Å². The molecule has 11 nitrogen and oxygen atoms in total. The summed E-state index contributed by atoms with van der Waals surface area (Å²) in [6.45, 7) is 3.19. The summed E-state index contributed by atoms with van der Waals surface area (Å²) in [6, 6.07) is 0. The number of hydrogen-bond acceptors (Lipinski definition) is 10. The predicted molar refractivity (Wildman–Crippen MR) is 135 cm³/mol. The standard InChI is InChI=1S/C29H35NO10/c1-27-11-9-17(31)13-16(27)3-4-18-19-10-12-29(38,28(19,2)14-20(32)26(18)27)21(33)15-39-24(36)7-8-25(37)40-30-22(34)5-6-23(30)35/h9,11,13,18-20,26,32,38H,3-8,10,12,14-15H2,1-2H3/t18-,19-,20+,26+,27-,28-,29+/m0/s1. The molecule has 0 radical (unpaired) electrons. The van der Waals surface area contributed by atoms with Crippen LogP contribution in [-0.2, 0) is 38.3 Å². The molecule has 5 rings (SSSR count). The van der Waals surface area contributed by atoms with Gasteiger partial charge in [-0.2, -0.15) is 0 Å². The average molecular weight is 558 g/mol. The average Bonchev–Trinajstić information content (AvgIpc) is 3.36. The van der Waals surface area contributed by atoms with Crippen molar-refractivity contribution in [1.29, 1.82) is 0 Å². The van der Waals surface area contributed by atoms with Gasteiger partial charge in [0, 0.05) is 29.6 Å². The van der Waals surface area contributed by atoms with Crippen LogP contribution in [0.2, 0.25) is 0 Å². The van der Waals surface area contributed by atoms with Gasteiger partial charge in [-0.05, 0) is 56.1 Å². The first-order chi connectivity index (χ1) is 18.8. The summed E-state index contributed by atoms with van der Waals surface area (Å²) < 4.78 is 5.08. The van der Waals surface area contributed by atoms with Gasteiger partial charge in [0.25, 0.3) is 11.8 Å². The molecule has 2 amide bonds. The first-order valence-corrected chi connectivity index (χ1v) is 13.9. The van der Waals surface area contributed by atoms with Crippen LogP contribution in [0, 0.1) is 28.6 Å². The Morgan fingerprint density at radius 1 is 1.02 bits per heavy atom. The fourth-order valence-corrected chi connectivity index (χ4v) is 8.14. The minimum Gasteiger partial charge on any atom is -0.458 e. The van der Waals surface area contributed by atoms with Crippen molar-refractivity contribution in [1.82, 2.24) is 5.06 Å². The summed E-state index contributed by atoms with van der Waals surface area (Å²) >= 11 is 0. The van der Waals surface area contributed by atoms with Crippen molar-refractivity contribution < 1.29 is 48.6 Å². The number of imide groups is 1. The van der Waals surface area contributed by atoms with Crippen LogP contribution in [0.1, 0.15) is 71.6 Å². The van der Waals surface area contributed by atoms with Crippen LogP contribution in [0.3, 0.4) is 0 Å². The Balaban J connectivity index is 1.20. The first-order valence-electron chi connectivity index (χ1n) is 13.9. The highest BCUT2D eigenvalue weighted by molar-refractivity contribution is 6.02. The Morgan fingerprint density at radius 3 is 2.40 bits per heavy atom. The predicted octanol–water partition coefficient (Wildman–Crippen LogP) is 1.50. The van der Waals surface area contributed by atoms with Gasteiger partial charge in [-0.1, -0.05) is 25.5 Å². The van der Waals surface area contributed by atoms with Crippen molar-refractivity contribution in [3.63, 3.8) is 0 Å². The van der Waals surface area contributed by atoms with Gasteiger partial charge in [0.1, 0.15) is 5.60 Å². The number of fused-ring (bicyclic) bond motifs is 5. The zero-order valence-electron chi connectivity index (χ0n) is 22.7. The fraction of sp³-hybridized carbons (Fsp3) is 0.655. The summed E-state index contributed by atoms with van der Waals surface area (Å²) in [7, 11) is 0. The van der Waals surface area contributed by atoms with Crippen LogP contribution in [0.25, 0.3) is 0 Å². The van der Waals surface area contributed by atoms with E-state index in [1.54, 1.807) is 12.2 Å². The van der Waals surface area contributed by atoms with E-state index in [2.05, 4.69) is 0 Å². The molecule has 40 heavy (non-hydrogen) atoms. The number of hydrogen-bond donors (Lipinski definition) is 2. The van der Waals surface area contributed by atoms with Crippen molar-refractivity contribution in [3.8, 4) is 0 Å². The number of ether oxygens (including phenoxy) is 1. The minimum atomic E-state index is -1.80. The van der Waals surface area contributed by atoms with E-state index < -0.39 is 71.5 Å². The number of aliphatic hydroxyl groups excluding tert-OH is 1. The molecule has 0 unspecified atom stereocenters. The van der Waals surface area contributed by atoms with E-state index in [9.17, 15) is 39.0 Å². The van der Waals surface area contributed by atoms with Crippen molar-refractivity contribution in [2.45, 2.75) is 83.3 Å². The number of carbonyl (C=O) groups excluding carboxylic acids is 6. The summed E-state index contributed by atoms with van der Waals surface area (Å²) in [5, 5.41) is 23.6.